The fourth-order valence-corrected chi connectivity index (χ4v) is 1.56. The molecule has 1 atom stereocenters. The van der Waals surface area contributed by atoms with E-state index in [1.165, 1.54) is 57.8 Å². The summed E-state index contributed by atoms with van der Waals surface area (Å²) in [7, 11) is 0. The van der Waals surface area contributed by atoms with Crippen LogP contribution >= 0.6 is 0 Å². The van der Waals surface area contributed by atoms with Gasteiger partial charge in [0.25, 0.3) is 0 Å². The first-order valence-corrected chi connectivity index (χ1v) is 7.22. The average Bonchev–Trinajstić information content (AvgIpc) is 2.25. The van der Waals surface area contributed by atoms with Gasteiger partial charge in [-0.1, -0.05) is 92.4 Å². The summed E-state index contributed by atoms with van der Waals surface area (Å²) in [6.07, 6.45) is 12.6. The van der Waals surface area contributed by atoms with E-state index in [2.05, 4.69) is 34.6 Å². The molecule has 0 aliphatic heterocycles. The zero-order chi connectivity index (χ0) is 11.9. The van der Waals surface area contributed by atoms with Gasteiger partial charge in [-0.15, -0.1) is 0 Å². The average molecular weight is 214 g/mol. The molecule has 0 amide bonds. The zero-order valence-corrected chi connectivity index (χ0v) is 11.9. The van der Waals surface area contributed by atoms with Gasteiger partial charge < -0.3 is 0 Å². The molecule has 0 heteroatoms. The minimum atomic E-state index is 0.969. The van der Waals surface area contributed by atoms with Crippen molar-refractivity contribution in [2.45, 2.75) is 92.4 Å². The zero-order valence-electron chi connectivity index (χ0n) is 11.9. The van der Waals surface area contributed by atoms with Crippen LogP contribution in [-0.4, -0.2) is 0 Å². The molecular weight excluding hydrogens is 180 g/mol. The summed E-state index contributed by atoms with van der Waals surface area (Å²) in [5.74, 6) is 0.969. The van der Waals surface area contributed by atoms with Crippen molar-refractivity contribution in [2.75, 3.05) is 0 Å². The number of hydrogen-bond acceptors (Lipinski definition) is 0. The van der Waals surface area contributed by atoms with Crippen molar-refractivity contribution in [1.29, 1.82) is 0 Å². The first-order chi connectivity index (χ1) is 7.22. The Balaban J connectivity index is 0. The van der Waals surface area contributed by atoms with Crippen LogP contribution in [0.15, 0.2) is 0 Å². The van der Waals surface area contributed by atoms with Gasteiger partial charge in [-0.2, -0.15) is 0 Å². The predicted octanol–water partition coefficient (Wildman–Crippen LogP) is 6.20. The maximum atomic E-state index is 2.38. The molecule has 94 valence electrons. The van der Waals surface area contributed by atoms with Gasteiger partial charge in [0.2, 0.25) is 0 Å². The lowest BCUT2D eigenvalue weighted by Gasteiger charge is -2.08. The Bertz CT molecular complexity index is 84.0. The highest BCUT2D eigenvalue weighted by atomic mass is 14.0. The molecule has 0 aliphatic carbocycles. The van der Waals surface area contributed by atoms with Crippen LogP contribution in [0.2, 0.25) is 0 Å². The molecule has 15 heavy (non-hydrogen) atoms. The lowest BCUT2D eigenvalue weighted by atomic mass is 9.98. The van der Waals surface area contributed by atoms with Crippen LogP contribution in [0.3, 0.4) is 0 Å². The highest BCUT2D eigenvalue weighted by Crippen LogP contribution is 2.14. The molecule has 0 spiro atoms. The first kappa shape index (κ1) is 17.4. The molecule has 0 rings (SSSR count). The fraction of sp³-hybridized carbons (Fsp3) is 1.00. The molecular formula is C15H34. The molecule has 0 fully saturated rings. The smallest absolute Gasteiger partial charge is 0.0443 e. The molecule has 0 saturated carbocycles. The van der Waals surface area contributed by atoms with Crippen LogP contribution in [0.4, 0.5) is 0 Å². The second-order valence-corrected chi connectivity index (χ2v) is 4.74. The molecule has 0 saturated heterocycles. The molecule has 0 aromatic rings. The van der Waals surface area contributed by atoms with Gasteiger partial charge in [0.15, 0.2) is 0 Å². The lowest BCUT2D eigenvalue weighted by molar-refractivity contribution is 0.455. The number of hydrogen-bond donors (Lipinski definition) is 0. The van der Waals surface area contributed by atoms with Gasteiger partial charge in [0, 0.05) is 0 Å². The van der Waals surface area contributed by atoms with Crippen molar-refractivity contribution >= 4 is 0 Å². The minimum Gasteiger partial charge on any atom is -0.0654 e. The third-order valence-electron chi connectivity index (χ3n) is 2.83. The van der Waals surface area contributed by atoms with Crippen molar-refractivity contribution in [3.8, 4) is 0 Å². The van der Waals surface area contributed by atoms with Gasteiger partial charge in [-0.25, -0.2) is 0 Å². The Labute approximate surface area is 98.9 Å². The van der Waals surface area contributed by atoms with Gasteiger partial charge in [0.1, 0.15) is 0 Å². The Morgan fingerprint density at radius 3 is 1.60 bits per heavy atom. The van der Waals surface area contributed by atoms with Crippen molar-refractivity contribution in [3.05, 3.63) is 0 Å². The summed E-state index contributed by atoms with van der Waals surface area (Å²) in [4.78, 5) is 0. The van der Waals surface area contributed by atoms with E-state index in [9.17, 15) is 0 Å². The molecule has 0 aromatic heterocycles. The molecule has 0 heterocycles. The Morgan fingerprint density at radius 1 is 0.600 bits per heavy atom. The van der Waals surface area contributed by atoms with E-state index in [0.717, 1.165) is 5.92 Å². The topological polar surface area (TPSA) is 0 Å². The number of rotatable bonds is 8. The molecule has 0 aromatic carbocycles. The summed E-state index contributed by atoms with van der Waals surface area (Å²) in [6, 6.07) is 0. The highest BCUT2D eigenvalue weighted by molar-refractivity contribution is 4.52. The van der Waals surface area contributed by atoms with E-state index in [0.29, 0.717) is 0 Å². The summed E-state index contributed by atoms with van der Waals surface area (Å²) < 4.78 is 0. The second kappa shape index (κ2) is 16.4. The SMILES string of the molecule is CCCC.CCCCCCC(C)CCC. The third kappa shape index (κ3) is 20.2. The largest absolute Gasteiger partial charge is 0.0654 e. The van der Waals surface area contributed by atoms with Crippen molar-refractivity contribution in [2.24, 2.45) is 5.92 Å². The third-order valence-corrected chi connectivity index (χ3v) is 2.83. The van der Waals surface area contributed by atoms with E-state index in [1.54, 1.807) is 0 Å². The highest BCUT2D eigenvalue weighted by Gasteiger charge is 1.98. The summed E-state index contributed by atoms with van der Waals surface area (Å²) >= 11 is 0. The van der Waals surface area contributed by atoms with Crippen LogP contribution in [0.1, 0.15) is 92.4 Å². The van der Waals surface area contributed by atoms with E-state index >= 15 is 0 Å². The molecule has 0 radical (unpaired) electrons. The monoisotopic (exact) mass is 214 g/mol. The van der Waals surface area contributed by atoms with Crippen LogP contribution in [0.5, 0.6) is 0 Å². The fourth-order valence-electron chi connectivity index (χ4n) is 1.56. The van der Waals surface area contributed by atoms with Gasteiger partial charge >= 0.3 is 0 Å². The quantitative estimate of drug-likeness (QED) is 0.422. The maximum Gasteiger partial charge on any atom is -0.0443 e. The van der Waals surface area contributed by atoms with Crippen LogP contribution < -0.4 is 0 Å². The summed E-state index contributed by atoms with van der Waals surface area (Å²) in [5.41, 5.74) is 0. The molecule has 0 aliphatic rings. The molecule has 0 bridgehead atoms. The Morgan fingerprint density at radius 2 is 1.20 bits per heavy atom. The normalized spacial score (nSPS) is 11.8. The van der Waals surface area contributed by atoms with E-state index in [-0.39, 0.29) is 0 Å². The van der Waals surface area contributed by atoms with E-state index in [1.807, 2.05) is 0 Å². The van der Waals surface area contributed by atoms with Crippen molar-refractivity contribution < 1.29 is 0 Å². The molecule has 1 unspecified atom stereocenters. The van der Waals surface area contributed by atoms with Crippen molar-refractivity contribution in [1.82, 2.24) is 0 Å². The summed E-state index contributed by atoms with van der Waals surface area (Å²) in [5, 5.41) is 0. The van der Waals surface area contributed by atoms with E-state index in [4.69, 9.17) is 0 Å². The molecule has 0 N–H and O–H groups in total. The maximum absolute atomic E-state index is 2.38. The second-order valence-electron chi connectivity index (χ2n) is 4.74. The van der Waals surface area contributed by atoms with Gasteiger partial charge in [0.05, 0.1) is 0 Å². The van der Waals surface area contributed by atoms with Crippen LogP contribution in [-0.2, 0) is 0 Å². The summed E-state index contributed by atoms with van der Waals surface area (Å²) in [6.45, 7) is 11.3. The Kier molecular flexibility index (Phi) is 19.1. The predicted molar refractivity (Wildman–Crippen MR) is 73.4 cm³/mol. The minimum absolute atomic E-state index is 0.969. The Hall–Kier alpha value is 0. The standard InChI is InChI=1S/C11H24.C4H10/c1-4-6-7-8-10-11(3)9-5-2;1-3-4-2/h11H,4-10H2,1-3H3;3-4H2,1-2H3. The molecule has 0 nitrogen and oxygen atoms in total. The lowest BCUT2D eigenvalue weighted by Crippen LogP contribution is -1.93. The van der Waals surface area contributed by atoms with E-state index < -0.39 is 0 Å². The van der Waals surface area contributed by atoms with Gasteiger partial charge in [-0.05, 0) is 5.92 Å². The van der Waals surface area contributed by atoms with Crippen LogP contribution in [0, 0.1) is 5.92 Å². The first-order valence-electron chi connectivity index (χ1n) is 7.22. The van der Waals surface area contributed by atoms with Crippen LogP contribution in [0.25, 0.3) is 0 Å². The van der Waals surface area contributed by atoms with Gasteiger partial charge in [-0.3, -0.25) is 0 Å². The number of unbranched alkanes of at least 4 members (excludes halogenated alkanes) is 4. The van der Waals surface area contributed by atoms with Crippen molar-refractivity contribution in [3.63, 3.8) is 0 Å².